The van der Waals surface area contributed by atoms with Crippen molar-refractivity contribution in [3.05, 3.63) is 0 Å². The van der Waals surface area contributed by atoms with Gasteiger partial charge in [0.1, 0.15) is 0 Å². The van der Waals surface area contributed by atoms with Gasteiger partial charge in [0, 0.05) is 52.0 Å². The third-order valence-electron chi connectivity index (χ3n) is 3.46. The van der Waals surface area contributed by atoms with E-state index in [1.165, 1.54) is 0 Å². The van der Waals surface area contributed by atoms with Crippen LogP contribution in [-0.4, -0.2) is 68.8 Å². The smallest absolute Gasteiger partial charge is 0.0462 e. The van der Waals surface area contributed by atoms with Crippen molar-refractivity contribution in [3.63, 3.8) is 0 Å². The van der Waals surface area contributed by atoms with Crippen molar-refractivity contribution >= 4 is 0 Å². The van der Waals surface area contributed by atoms with Crippen molar-refractivity contribution in [2.75, 3.05) is 46.9 Å². The highest BCUT2D eigenvalue weighted by molar-refractivity contribution is 4.79. The zero-order valence-corrected chi connectivity index (χ0v) is 11.0. The highest BCUT2D eigenvalue weighted by Gasteiger charge is 2.21. The summed E-state index contributed by atoms with van der Waals surface area (Å²) in [5, 5.41) is 0. The number of methoxy groups -OCH3 is 1. The second kappa shape index (κ2) is 7.22. The van der Waals surface area contributed by atoms with Crippen molar-refractivity contribution in [2.24, 2.45) is 5.73 Å². The summed E-state index contributed by atoms with van der Waals surface area (Å²) in [6, 6.07) is 0.950. The van der Waals surface area contributed by atoms with Gasteiger partial charge in [-0.15, -0.1) is 0 Å². The van der Waals surface area contributed by atoms with Gasteiger partial charge in [-0.3, -0.25) is 4.90 Å². The molecule has 4 nitrogen and oxygen atoms in total. The first-order valence-corrected chi connectivity index (χ1v) is 6.30. The number of ether oxygens (including phenoxy) is 1. The van der Waals surface area contributed by atoms with Crippen molar-refractivity contribution in [1.82, 2.24) is 9.80 Å². The number of likely N-dealkylation sites (N-methyl/N-ethyl adjacent to an activating group) is 1. The molecule has 2 unspecified atom stereocenters. The van der Waals surface area contributed by atoms with E-state index in [1.54, 1.807) is 7.11 Å². The summed E-state index contributed by atoms with van der Waals surface area (Å²) in [5.41, 5.74) is 6.11. The zero-order chi connectivity index (χ0) is 12.0. The van der Waals surface area contributed by atoms with E-state index >= 15 is 0 Å². The lowest BCUT2D eigenvalue weighted by atomic mass is 10.1. The lowest BCUT2D eigenvalue weighted by molar-refractivity contribution is 0.0983. The van der Waals surface area contributed by atoms with E-state index in [0.717, 1.165) is 45.6 Å². The van der Waals surface area contributed by atoms with E-state index in [9.17, 15) is 0 Å². The Morgan fingerprint density at radius 1 is 1.44 bits per heavy atom. The van der Waals surface area contributed by atoms with E-state index in [-0.39, 0.29) is 0 Å². The molecule has 1 saturated heterocycles. The molecular weight excluding hydrogens is 202 g/mol. The van der Waals surface area contributed by atoms with E-state index in [1.807, 2.05) is 0 Å². The van der Waals surface area contributed by atoms with Gasteiger partial charge in [0.25, 0.3) is 0 Å². The lowest BCUT2D eigenvalue weighted by Gasteiger charge is -2.38. The minimum absolute atomic E-state index is 0.297. The fourth-order valence-corrected chi connectivity index (χ4v) is 2.20. The van der Waals surface area contributed by atoms with Crippen LogP contribution in [0.4, 0.5) is 0 Å². The maximum Gasteiger partial charge on any atom is 0.0462 e. The Bertz CT molecular complexity index is 189. The summed E-state index contributed by atoms with van der Waals surface area (Å²) in [5.74, 6) is 0. The monoisotopic (exact) mass is 229 g/mol. The predicted octanol–water partition coefficient (Wildman–Crippen LogP) is 0.376. The first-order valence-electron chi connectivity index (χ1n) is 6.30. The first kappa shape index (κ1) is 13.9. The number of hydrogen-bond donors (Lipinski definition) is 1. The summed E-state index contributed by atoms with van der Waals surface area (Å²) >= 11 is 0. The minimum Gasteiger partial charge on any atom is -0.385 e. The average molecular weight is 229 g/mol. The molecule has 0 aromatic rings. The van der Waals surface area contributed by atoms with Gasteiger partial charge in [-0.25, -0.2) is 0 Å². The fourth-order valence-electron chi connectivity index (χ4n) is 2.20. The maximum absolute atomic E-state index is 6.11. The van der Waals surface area contributed by atoms with Gasteiger partial charge in [-0.05, 0) is 26.8 Å². The molecule has 0 bridgehead atoms. The highest BCUT2D eigenvalue weighted by atomic mass is 16.5. The van der Waals surface area contributed by atoms with Gasteiger partial charge in [-0.1, -0.05) is 0 Å². The van der Waals surface area contributed by atoms with E-state index in [2.05, 4.69) is 23.8 Å². The van der Waals surface area contributed by atoms with Crippen LogP contribution in [0.25, 0.3) is 0 Å². The van der Waals surface area contributed by atoms with Gasteiger partial charge in [0.15, 0.2) is 0 Å². The lowest BCUT2D eigenvalue weighted by Crippen LogP contribution is -2.52. The maximum atomic E-state index is 6.11. The number of nitrogens with two attached hydrogens (primary N) is 1. The molecule has 0 radical (unpaired) electrons. The molecule has 96 valence electrons. The molecule has 0 amide bonds. The molecule has 2 N–H and O–H groups in total. The molecule has 2 atom stereocenters. The molecule has 1 aliphatic rings. The predicted molar refractivity (Wildman–Crippen MR) is 67.6 cm³/mol. The summed E-state index contributed by atoms with van der Waals surface area (Å²) < 4.78 is 5.04. The Morgan fingerprint density at radius 2 is 2.19 bits per heavy atom. The van der Waals surface area contributed by atoms with Crippen molar-refractivity contribution in [2.45, 2.75) is 31.8 Å². The molecule has 16 heavy (non-hydrogen) atoms. The summed E-state index contributed by atoms with van der Waals surface area (Å²) in [6.45, 7) is 7.59. The largest absolute Gasteiger partial charge is 0.385 e. The van der Waals surface area contributed by atoms with Crippen LogP contribution in [0.5, 0.6) is 0 Å². The van der Waals surface area contributed by atoms with Crippen LogP contribution >= 0.6 is 0 Å². The van der Waals surface area contributed by atoms with E-state index < -0.39 is 0 Å². The Hall–Kier alpha value is -0.160. The number of hydrogen-bond acceptors (Lipinski definition) is 4. The van der Waals surface area contributed by atoms with Crippen LogP contribution in [0.2, 0.25) is 0 Å². The van der Waals surface area contributed by atoms with Gasteiger partial charge in [-0.2, -0.15) is 0 Å². The molecule has 0 aromatic carbocycles. The fraction of sp³-hybridized carbons (Fsp3) is 1.00. The molecular formula is C12H27N3O. The average Bonchev–Trinajstić information content (AvgIpc) is 2.24. The second-order valence-corrected chi connectivity index (χ2v) is 4.98. The van der Waals surface area contributed by atoms with Crippen LogP contribution in [-0.2, 0) is 4.74 Å². The van der Waals surface area contributed by atoms with Gasteiger partial charge < -0.3 is 15.4 Å². The van der Waals surface area contributed by atoms with Gasteiger partial charge >= 0.3 is 0 Å². The third-order valence-corrected chi connectivity index (χ3v) is 3.46. The molecule has 1 heterocycles. The third kappa shape index (κ3) is 4.78. The number of nitrogens with zero attached hydrogens (tertiary/aromatic N) is 2. The molecule has 0 spiro atoms. The molecule has 0 aromatic heterocycles. The Labute approximate surface area is 99.7 Å². The Morgan fingerprint density at radius 3 is 2.81 bits per heavy atom. The topological polar surface area (TPSA) is 41.7 Å². The van der Waals surface area contributed by atoms with E-state index in [4.69, 9.17) is 10.5 Å². The molecule has 0 aliphatic carbocycles. The summed E-state index contributed by atoms with van der Waals surface area (Å²) in [7, 11) is 3.94. The normalized spacial score (nSPS) is 25.9. The first-order chi connectivity index (χ1) is 7.63. The van der Waals surface area contributed by atoms with Gasteiger partial charge in [0.05, 0.1) is 0 Å². The molecule has 1 rings (SSSR count). The SMILES string of the molecule is COCCCC(N)CN1CCN(C)C(C)C1. The van der Waals surface area contributed by atoms with Crippen LogP contribution in [0, 0.1) is 0 Å². The van der Waals surface area contributed by atoms with Crippen LogP contribution in [0.3, 0.4) is 0 Å². The summed E-state index contributed by atoms with van der Waals surface area (Å²) in [4.78, 5) is 4.90. The minimum atomic E-state index is 0.297. The van der Waals surface area contributed by atoms with Gasteiger partial charge in [0.2, 0.25) is 0 Å². The highest BCUT2D eigenvalue weighted by Crippen LogP contribution is 2.08. The van der Waals surface area contributed by atoms with Crippen molar-refractivity contribution in [3.8, 4) is 0 Å². The number of rotatable bonds is 6. The Balaban J connectivity index is 2.16. The zero-order valence-electron chi connectivity index (χ0n) is 11.0. The van der Waals surface area contributed by atoms with Crippen LogP contribution < -0.4 is 5.73 Å². The molecule has 1 aliphatic heterocycles. The summed E-state index contributed by atoms with van der Waals surface area (Å²) in [6.07, 6.45) is 2.13. The second-order valence-electron chi connectivity index (χ2n) is 4.98. The standard InChI is InChI=1S/C12H27N3O/c1-11-9-15(7-6-14(11)2)10-12(13)5-4-8-16-3/h11-12H,4-10,13H2,1-3H3. The Kier molecular flexibility index (Phi) is 6.28. The van der Waals surface area contributed by atoms with Crippen LogP contribution in [0.1, 0.15) is 19.8 Å². The van der Waals surface area contributed by atoms with Crippen LogP contribution in [0.15, 0.2) is 0 Å². The van der Waals surface area contributed by atoms with E-state index in [0.29, 0.717) is 12.1 Å². The molecule has 0 saturated carbocycles. The quantitative estimate of drug-likeness (QED) is 0.669. The number of piperazine rings is 1. The van der Waals surface area contributed by atoms with Crippen molar-refractivity contribution < 1.29 is 4.74 Å². The molecule has 4 heteroatoms. The van der Waals surface area contributed by atoms with Crippen molar-refractivity contribution in [1.29, 1.82) is 0 Å². The molecule has 1 fully saturated rings.